The molecule has 0 aliphatic heterocycles. The number of hydrogen-bond acceptors (Lipinski definition) is 1. The van der Waals surface area contributed by atoms with Crippen LogP contribution in [0, 0.1) is 0 Å². The van der Waals surface area contributed by atoms with Crippen molar-refractivity contribution < 1.29 is 4.74 Å². The van der Waals surface area contributed by atoms with Crippen LogP contribution in [0.4, 0.5) is 0 Å². The smallest absolute Gasteiger partial charge is 0.0656 e. The fraction of sp³-hybridized carbons (Fsp3) is 0.571. The van der Waals surface area contributed by atoms with E-state index in [4.69, 9.17) is 16.3 Å². The summed E-state index contributed by atoms with van der Waals surface area (Å²) in [5.74, 6) is 0.621. The van der Waals surface area contributed by atoms with E-state index in [1.807, 2.05) is 19.2 Å². The summed E-state index contributed by atoms with van der Waals surface area (Å²) >= 11 is 5.91. The standard InChI is InChI=1S/C14H19ClO/c1-14(16-2)9-3-4-12(10-14)11-5-7-13(15)8-6-11/h5-8,12H,3-4,9-10H2,1-2H3. The lowest BCUT2D eigenvalue weighted by Gasteiger charge is -2.37. The SMILES string of the molecule is COC1(C)CCCC(c2ccc(Cl)cc2)C1. The van der Waals surface area contributed by atoms with E-state index in [0.29, 0.717) is 5.92 Å². The van der Waals surface area contributed by atoms with Gasteiger partial charge in [0, 0.05) is 12.1 Å². The third-order valence-electron chi connectivity index (χ3n) is 3.77. The molecule has 1 fully saturated rings. The molecule has 0 saturated heterocycles. The maximum absolute atomic E-state index is 5.91. The van der Waals surface area contributed by atoms with Crippen molar-refractivity contribution in [3.05, 3.63) is 34.9 Å². The Kier molecular flexibility index (Phi) is 3.56. The number of benzene rings is 1. The van der Waals surface area contributed by atoms with Gasteiger partial charge in [0.2, 0.25) is 0 Å². The Bertz CT molecular complexity index is 346. The molecule has 0 N–H and O–H groups in total. The van der Waals surface area contributed by atoms with E-state index in [2.05, 4.69) is 19.1 Å². The largest absolute Gasteiger partial charge is 0.379 e. The molecule has 1 saturated carbocycles. The second kappa shape index (κ2) is 4.77. The minimum atomic E-state index is 0.0581. The van der Waals surface area contributed by atoms with E-state index >= 15 is 0 Å². The second-order valence-corrected chi connectivity index (χ2v) is 5.44. The number of halogens is 1. The van der Waals surface area contributed by atoms with Crippen LogP contribution in [0.15, 0.2) is 24.3 Å². The average molecular weight is 239 g/mol. The lowest BCUT2D eigenvalue weighted by atomic mass is 9.76. The molecule has 16 heavy (non-hydrogen) atoms. The summed E-state index contributed by atoms with van der Waals surface area (Å²) in [5, 5.41) is 0.814. The van der Waals surface area contributed by atoms with Crippen LogP contribution in [0.5, 0.6) is 0 Å². The fourth-order valence-electron chi connectivity index (χ4n) is 2.65. The zero-order valence-corrected chi connectivity index (χ0v) is 10.8. The van der Waals surface area contributed by atoms with Gasteiger partial charge in [-0.25, -0.2) is 0 Å². The molecule has 1 aliphatic carbocycles. The minimum Gasteiger partial charge on any atom is -0.379 e. The van der Waals surface area contributed by atoms with Crippen molar-refractivity contribution in [1.29, 1.82) is 0 Å². The molecule has 88 valence electrons. The molecule has 2 atom stereocenters. The Hall–Kier alpha value is -0.530. The van der Waals surface area contributed by atoms with E-state index in [0.717, 1.165) is 11.4 Å². The van der Waals surface area contributed by atoms with Crippen molar-refractivity contribution in [2.45, 2.75) is 44.1 Å². The van der Waals surface area contributed by atoms with E-state index in [1.165, 1.54) is 24.8 Å². The van der Waals surface area contributed by atoms with Crippen LogP contribution in [0.2, 0.25) is 5.02 Å². The lowest BCUT2D eigenvalue weighted by molar-refractivity contribution is -0.0293. The Morgan fingerprint density at radius 2 is 2.00 bits per heavy atom. The molecule has 0 heterocycles. The van der Waals surface area contributed by atoms with E-state index in [9.17, 15) is 0 Å². The highest BCUT2D eigenvalue weighted by molar-refractivity contribution is 6.30. The van der Waals surface area contributed by atoms with Crippen LogP contribution in [0.3, 0.4) is 0 Å². The van der Waals surface area contributed by atoms with Gasteiger partial charge < -0.3 is 4.74 Å². The molecule has 1 aromatic rings. The van der Waals surface area contributed by atoms with Crippen molar-refractivity contribution in [3.63, 3.8) is 0 Å². The van der Waals surface area contributed by atoms with Crippen LogP contribution in [0.25, 0.3) is 0 Å². The highest BCUT2D eigenvalue weighted by Crippen LogP contribution is 2.40. The van der Waals surface area contributed by atoms with Crippen LogP contribution in [-0.2, 0) is 4.74 Å². The Balaban J connectivity index is 2.12. The number of methoxy groups -OCH3 is 1. The first-order chi connectivity index (χ1) is 7.63. The molecule has 0 radical (unpaired) electrons. The zero-order chi connectivity index (χ0) is 11.6. The summed E-state index contributed by atoms with van der Waals surface area (Å²) in [6, 6.07) is 8.26. The van der Waals surface area contributed by atoms with Gasteiger partial charge in [-0.2, -0.15) is 0 Å². The summed E-state index contributed by atoms with van der Waals surface area (Å²) in [6.45, 7) is 2.22. The fourth-order valence-corrected chi connectivity index (χ4v) is 2.78. The van der Waals surface area contributed by atoms with Gasteiger partial charge in [0.1, 0.15) is 0 Å². The number of hydrogen-bond donors (Lipinski definition) is 0. The predicted molar refractivity (Wildman–Crippen MR) is 68.1 cm³/mol. The molecule has 0 spiro atoms. The van der Waals surface area contributed by atoms with Crippen molar-refractivity contribution in [2.24, 2.45) is 0 Å². The molecular weight excluding hydrogens is 220 g/mol. The quantitative estimate of drug-likeness (QED) is 0.742. The third kappa shape index (κ3) is 2.58. The van der Waals surface area contributed by atoms with Gasteiger partial charge in [-0.3, -0.25) is 0 Å². The van der Waals surface area contributed by atoms with Gasteiger partial charge in [0.05, 0.1) is 5.60 Å². The van der Waals surface area contributed by atoms with Gasteiger partial charge >= 0.3 is 0 Å². The van der Waals surface area contributed by atoms with Gasteiger partial charge in [-0.05, 0) is 56.2 Å². The minimum absolute atomic E-state index is 0.0581. The molecule has 0 amide bonds. The van der Waals surface area contributed by atoms with Crippen LogP contribution in [0.1, 0.15) is 44.1 Å². The summed E-state index contributed by atoms with van der Waals surface area (Å²) in [6.07, 6.45) is 4.80. The van der Waals surface area contributed by atoms with E-state index in [-0.39, 0.29) is 5.60 Å². The highest BCUT2D eigenvalue weighted by atomic mass is 35.5. The molecule has 2 rings (SSSR count). The van der Waals surface area contributed by atoms with Crippen LogP contribution in [-0.4, -0.2) is 12.7 Å². The zero-order valence-electron chi connectivity index (χ0n) is 10.0. The van der Waals surface area contributed by atoms with Crippen LogP contribution >= 0.6 is 11.6 Å². The van der Waals surface area contributed by atoms with Gasteiger partial charge in [-0.1, -0.05) is 23.7 Å². The second-order valence-electron chi connectivity index (χ2n) is 5.00. The summed E-state index contributed by atoms with van der Waals surface area (Å²) < 4.78 is 5.63. The molecule has 2 unspecified atom stereocenters. The van der Waals surface area contributed by atoms with Crippen molar-refractivity contribution in [3.8, 4) is 0 Å². The molecule has 1 aromatic carbocycles. The Morgan fingerprint density at radius 3 is 2.62 bits per heavy atom. The first-order valence-corrected chi connectivity index (χ1v) is 6.31. The van der Waals surface area contributed by atoms with Crippen molar-refractivity contribution >= 4 is 11.6 Å². The average Bonchev–Trinajstić information content (AvgIpc) is 2.30. The van der Waals surface area contributed by atoms with Gasteiger partial charge in [0.15, 0.2) is 0 Å². The first-order valence-electron chi connectivity index (χ1n) is 5.94. The van der Waals surface area contributed by atoms with Crippen LogP contribution < -0.4 is 0 Å². The third-order valence-corrected chi connectivity index (χ3v) is 4.02. The topological polar surface area (TPSA) is 9.23 Å². The van der Waals surface area contributed by atoms with Crippen molar-refractivity contribution in [1.82, 2.24) is 0 Å². The normalized spacial score (nSPS) is 30.3. The Labute approximate surface area is 103 Å². The monoisotopic (exact) mass is 238 g/mol. The molecule has 0 aromatic heterocycles. The number of rotatable bonds is 2. The number of ether oxygens (including phenoxy) is 1. The van der Waals surface area contributed by atoms with Crippen molar-refractivity contribution in [2.75, 3.05) is 7.11 Å². The maximum atomic E-state index is 5.91. The molecule has 0 bridgehead atoms. The van der Waals surface area contributed by atoms with Gasteiger partial charge in [-0.15, -0.1) is 0 Å². The Morgan fingerprint density at radius 1 is 1.31 bits per heavy atom. The first kappa shape index (κ1) is 11.9. The summed E-state index contributed by atoms with van der Waals surface area (Å²) in [4.78, 5) is 0. The lowest BCUT2D eigenvalue weighted by Crippen LogP contribution is -2.33. The predicted octanol–water partition coefficient (Wildman–Crippen LogP) is 4.40. The van der Waals surface area contributed by atoms with E-state index < -0.39 is 0 Å². The van der Waals surface area contributed by atoms with E-state index in [1.54, 1.807) is 0 Å². The highest BCUT2D eigenvalue weighted by Gasteiger charge is 2.32. The molecular formula is C14H19ClO. The summed E-state index contributed by atoms with van der Waals surface area (Å²) in [7, 11) is 1.82. The summed E-state index contributed by atoms with van der Waals surface area (Å²) in [5.41, 5.74) is 1.45. The molecule has 1 aliphatic rings. The van der Waals surface area contributed by atoms with Gasteiger partial charge in [0.25, 0.3) is 0 Å². The maximum Gasteiger partial charge on any atom is 0.0656 e. The molecule has 2 heteroatoms. The molecule has 1 nitrogen and oxygen atoms in total.